The third kappa shape index (κ3) is 3.89. The maximum atomic E-state index is 12.3. The summed E-state index contributed by atoms with van der Waals surface area (Å²) < 4.78 is 0. The Morgan fingerprint density at radius 3 is 2.73 bits per heavy atom. The standard InChI is InChI=1S/C18H20N2OS/c21-18(14-22-13-15-6-9-19-10-7-15)20-11-8-17(12-20)16-4-2-1-3-5-16/h1-7,9-10,17H,8,11-14H2/t17-/m0/s1. The second kappa shape index (κ2) is 7.45. The Balaban J connectivity index is 1.46. The van der Waals surface area contributed by atoms with E-state index in [1.165, 1.54) is 11.1 Å². The smallest absolute Gasteiger partial charge is 0.232 e. The van der Waals surface area contributed by atoms with Crippen molar-refractivity contribution in [1.82, 2.24) is 9.88 Å². The second-order valence-electron chi connectivity index (χ2n) is 5.58. The summed E-state index contributed by atoms with van der Waals surface area (Å²) in [6.45, 7) is 1.74. The molecule has 0 N–H and O–H groups in total. The van der Waals surface area contributed by atoms with E-state index in [1.807, 2.05) is 23.1 Å². The summed E-state index contributed by atoms with van der Waals surface area (Å²) in [6, 6.07) is 14.5. The molecule has 0 unspecified atom stereocenters. The van der Waals surface area contributed by atoms with E-state index in [9.17, 15) is 4.79 Å². The highest BCUT2D eigenvalue weighted by Crippen LogP contribution is 2.27. The number of amides is 1. The number of rotatable bonds is 5. The number of likely N-dealkylation sites (tertiary alicyclic amines) is 1. The minimum Gasteiger partial charge on any atom is -0.341 e. The SMILES string of the molecule is O=C(CSCc1ccncc1)N1CC[C@H](c2ccccc2)C1. The first-order valence-corrected chi connectivity index (χ1v) is 8.78. The van der Waals surface area contributed by atoms with E-state index >= 15 is 0 Å². The zero-order chi connectivity index (χ0) is 15.2. The van der Waals surface area contributed by atoms with E-state index in [0.717, 1.165) is 25.3 Å². The number of carbonyl (C=O) groups is 1. The molecule has 114 valence electrons. The predicted octanol–water partition coefficient (Wildman–Crippen LogP) is 3.33. The number of benzene rings is 1. The van der Waals surface area contributed by atoms with E-state index in [0.29, 0.717) is 11.7 Å². The van der Waals surface area contributed by atoms with Crippen LogP contribution in [0.1, 0.15) is 23.5 Å². The van der Waals surface area contributed by atoms with E-state index in [-0.39, 0.29) is 5.91 Å². The van der Waals surface area contributed by atoms with Gasteiger partial charge in [0.15, 0.2) is 0 Å². The predicted molar refractivity (Wildman–Crippen MR) is 90.8 cm³/mol. The van der Waals surface area contributed by atoms with Crippen molar-refractivity contribution in [2.45, 2.75) is 18.1 Å². The van der Waals surface area contributed by atoms with Crippen molar-refractivity contribution in [3.8, 4) is 0 Å². The molecule has 1 atom stereocenters. The Morgan fingerprint density at radius 1 is 1.18 bits per heavy atom. The number of carbonyl (C=O) groups excluding carboxylic acids is 1. The van der Waals surface area contributed by atoms with Crippen molar-refractivity contribution in [3.05, 3.63) is 66.0 Å². The number of nitrogens with zero attached hydrogens (tertiary/aromatic N) is 2. The molecule has 1 aromatic carbocycles. The van der Waals surface area contributed by atoms with E-state index in [1.54, 1.807) is 24.2 Å². The zero-order valence-electron chi connectivity index (χ0n) is 12.5. The van der Waals surface area contributed by atoms with Gasteiger partial charge >= 0.3 is 0 Å². The van der Waals surface area contributed by atoms with Crippen LogP contribution in [0.15, 0.2) is 54.9 Å². The first kappa shape index (κ1) is 15.1. The molecular weight excluding hydrogens is 292 g/mol. The quantitative estimate of drug-likeness (QED) is 0.849. The summed E-state index contributed by atoms with van der Waals surface area (Å²) in [5.41, 5.74) is 2.57. The van der Waals surface area contributed by atoms with Crippen LogP contribution in [0.4, 0.5) is 0 Å². The molecular formula is C18H20N2OS. The molecule has 2 aromatic rings. The molecule has 1 aliphatic heterocycles. The van der Waals surface area contributed by atoms with E-state index < -0.39 is 0 Å². The van der Waals surface area contributed by atoms with Gasteiger partial charge in [-0.3, -0.25) is 9.78 Å². The molecule has 2 heterocycles. The molecule has 1 aliphatic rings. The molecule has 0 aliphatic carbocycles. The fourth-order valence-corrected chi connectivity index (χ4v) is 3.70. The average molecular weight is 312 g/mol. The first-order valence-electron chi connectivity index (χ1n) is 7.62. The van der Waals surface area contributed by atoms with E-state index in [4.69, 9.17) is 0 Å². The molecule has 4 heteroatoms. The molecule has 0 spiro atoms. The Kier molecular flexibility index (Phi) is 5.11. The van der Waals surface area contributed by atoms with Gasteiger partial charge in [0.25, 0.3) is 0 Å². The zero-order valence-corrected chi connectivity index (χ0v) is 13.3. The van der Waals surface area contributed by atoms with Crippen molar-refractivity contribution in [2.24, 2.45) is 0 Å². The van der Waals surface area contributed by atoms with Crippen LogP contribution in [-0.2, 0) is 10.5 Å². The second-order valence-corrected chi connectivity index (χ2v) is 6.57. The van der Waals surface area contributed by atoms with Gasteiger partial charge in [-0.15, -0.1) is 11.8 Å². The van der Waals surface area contributed by atoms with Crippen molar-refractivity contribution in [2.75, 3.05) is 18.8 Å². The van der Waals surface area contributed by atoms with Gasteiger partial charge in [-0.25, -0.2) is 0 Å². The number of thioether (sulfide) groups is 1. The van der Waals surface area contributed by atoms with Crippen LogP contribution in [0.25, 0.3) is 0 Å². The van der Waals surface area contributed by atoms with Crippen LogP contribution in [0.5, 0.6) is 0 Å². The molecule has 1 aromatic heterocycles. The van der Waals surface area contributed by atoms with Crippen molar-refractivity contribution >= 4 is 17.7 Å². The largest absolute Gasteiger partial charge is 0.341 e. The van der Waals surface area contributed by atoms with Crippen LogP contribution in [0, 0.1) is 0 Å². The summed E-state index contributed by atoms with van der Waals surface area (Å²) in [4.78, 5) is 18.3. The van der Waals surface area contributed by atoms with Gasteiger partial charge in [0.05, 0.1) is 5.75 Å². The minimum atomic E-state index is 0.262. The lowest BCUT2D eigenvalue weighted by Gasteiger charge is -2.16. The van der Waals surface area contributed by atoms with Crippen molar-refractivity contribution < 1.29 is 4.79 Å². The third-order valence-electron chi connectivity index (χ3n) is 4.06. The highest BCUT2D eigenvalue weighted by atomic mass is 32.2. The van der Waals surface area contributed by atoms with Gasteiger partial charge in [0.1, 0.15) is 0 Å². The van der Waals surface area contributed by atoms with Gasteiger partial charge in [-0.2, -0.15) is 0 Å². The van der Waals surface area contributed by atoms with Crippen molar-refractivity contribution in [3.63, 3.8) is 0 Å². The lowest BCUT2D eigenvalue weighted by atomic mass is 9.99. The average Bonchev–Trinajstić information content (AvgIpc) is 3.07. The lowest BCUT2D eigenvalue weighted by Crippen LogP contribution is -2.30. The van der Waals surface area contributed by atoms with Gasteiger partial charge in [0, 0.05) is 37.2 Å². The number of aromatic nitrogens is 1. The van der Waals surface area contributed by atoms with Gasteiger partial charge in [-0.05, 0) is 29.7 Å². The minimum absolute atomic E-state index is 0.262. The first-order chi connectivity index (χ1) is 10.8. The Bertz CT molecular complexity index is 603. The lowest BCUT2D eigenvalue weighted by molar-refractivity contribution is -0.127. The molecule has 1 fully saturated rings. The number of hydrogen-bond acceptors (Lipinski definition) is 3. The summed E-state index contributed by atoms with van der Waals surface area (Å²) in [7, 11) is 0. The Morgan fingerprint density at radius 2 is 1.95 bits per heavy atom. The van der Waals surface area contributed by atoms with Gasteiger partial charge in [0.2, 0.25) is 5.91 Å². The summed E-state index contributed by atoms with van der Waals surface area (Å²) in [5, 5.41) is 0. The van der Waals surface area contributed by atoms with Crippen LogP contribution in [0.3, 0.4) is 0 Å². The number of pyridine rings is 1. The van der Waals surface area contributed by atoms with Crippen LogP contribution in [0.2, 0.25) is 0 Å². The molecule has 3 nitrogen and oxygen atoms in total. The van der Waals surface area contributed by atoms with Crippen LogP contribution < -0.4 is 0 Å². The maximum Gasteiger partial charge on any atom is 0.232 e. The Labute approximate surface area is 135 Å². The van der Waals surface area contributed by atoms with E-state index in [2.05, 4.69) is 29.2 Å². The fraction of sp³-hybridized carbons (Fsp3) is 0.333. The Hall–Kier alpha value is -1.81. The van der Waals surface area contributed by atoms with Gasteiger partial charge in [-0.1, -0.05) is 30.3 Å². The normalized spacial score (nSPS) is 17.6. The summed E-state index contributed by atoms with van der Waals surface area (Å²) >= 11 is 1.68. The topological polar surface area (TPSA) is 33.2 Å². The maximum absolute atomic E-state index is 12.3. The molecule has 1 saturated heterocycles. The molecule has 0 radical (unpaired) electrons. The molecule has 0 saturated carbocycles. The van der Waals surface area contributed by atoms with Crippen LogP contribution in [-0.4, -0.2) is 34.6 Å². The highest BCUT2D eigenvalue weighted by molar-refractivity contribution is 7.99. The van der Waals surface area contributed by atoms with Crippen molar-refractivity contribution in [1.29, 1.82) is 0 Å². The molecule has 22 heavy (non-hydrogen) atoms. The number of hydrogen-bond donors (Lipinski definition) is 0. The van der Waals surface area contributed by atoms with Gasteiger partial charge < -0.3 is 4.90 Å². The third-order valence-corrected chi connectivity index (χ3v) is 5.04. The fourth-order valence-electron chi connectivity index (χ4n) is 2.81. The summed E-state index contributed by atoms with van der Waals surface area (Å²) in [5.74, 6) is 2.18. The monoisotopic (exact) mass is 312 g/mol. The summed E-state index contributed by atoms with van der Waals surface area (Å²) in [6.07, 6.45) is 4.66. The highest BCUT2D eigenvalue weighted by Gasteiger charge is 2.26. The molecule has 3 rings (SSSR count). The molecule has 0 bridgehead atoms. The van der Waals surface area contributed by atoms with Crippen LogP contribution >= 0.6 is 11.8 Å². The molecule has 1 amide bonds.